The van der Waals surface area contributed by atoms with Crippen LogP contribution in [0.3, 0.4) is 0 Å². The van der Waals surface area contributed by atoms with Crippen LogP contribution in [-0.4, -0.2) is 27.1 Å². The van der Waals surface area contributed by atoms with E-state index < -0.39 is 0 Å². The number of ether oxygens (including phenoxy) is 1. The highest BCUT2D eigenvalue weighted by molar-refractivity contribution is 5.78. The molecule has 1 N–H and O–H groups in total. The Hall–Kier alpha value is -2.82. The highest BCUT2D eigenvalue weighted by Gasteiger charge is 2.18. The predicted octanol–water partition coefficient (Wildman–Crippen LogP) is 2.81. The highest BCUT2D eigenvalue weighted by Crippen LogP contribution is 2.28. The van der Waals surface area contributed by atoms with Crippen molar-refractivity contribution in [2.24, 2.45) is 0 Å². The van der Waals surface area contributed by atoms with E-state index in [0.717, 1.165) is 5.56 Å². The number of aromatic nitrogens is 2. The van der Waals surface area contributed by atoms with Gasteiger partial charge in [-0.1, -0.05) is 30.3 Å². The van der Waals surface area contributed by atoms with Crippen molar-refractivity contribution in [1.29, 1.82) is 0 Å². The Labute approximate surface area is 127 Å². The smallest absolute Gasteiger partial charge is 0.311 e. The molecule has 0 radical (unpaired) electrons. The van der Waals surface area contributed by atoms with Gasteiger partial charge < -0.3 is 9.84 Å². The number of nitrogens with zero attached hydrogens (tertiary/aromatic N) is 2. The lowest BCUT2D eigenvalue weighted by Gasteiger charge is -2.05. The van der Waals surface area contributed by atoms with Gasteiger partial charge in [0.25, 0.3) is 0 Å². The van der Waals surface area contributed by atoms with Crippen LogP contribution in [0.15, 0.2) is 48.7 Å². The minimum absolute atomic E-state index is 0.0785. The Kier molecular flexibility index (Phi) is 3.78. The summed E-state index contributed by atoms with van der Waals surface area (Å²) < 4.78 is 6.77. The second kappa shape index (κ2) is 5.89. The maximum Gasteiger partial charge on any atom is 0.311 e. The number of aromatic hydroxyl groups is 1. The zero-order chi connectivity index (χ0) is 15.5. The number of hydrogen-bond donors (Lipinski definition) is 1. The summed E-state index contributed by atoms with van der Waals surface area (Å²) in [5.74, 6) is -0.236. The van der Waals surface area contributed by atoms with Gasteiger partial charge in [0.05, 0.1) is 24.4 Å². The Bertz CT molecular complexity index is 809. The summed E-state index contributed by atoms with van der Waals surface area (Å²) in [4.78, 5) is 16.4. The predicted molar refractivity (Wildman–Crippen MR) is 82.6 cm³/mol. The number of benzene rings is 1. The summed E-state index contributed by atoms with van der Waals surface area (Å²) in [5.41, 5.74) is 2.70. The Morgan fingerprint density at radius 3 is 2.73 bits per heavy atom. The monoisotopic (exact) mass is 296 g/mol. The van der Waals surface area contributed by atoms with Crippen LogP contribution in [0.5, 0.6) is 5.75 Å². The molecule has 3 rings (SSSR count). The molecule has 0 amide bonds. The fraction of sp³-hybridized carbons (Fsp3) is 0.176. The fourth-order valence-electron chi connectivity index (χ4n) is 2.45. The molecule has 0 saturated carbocycles. The molecule has 3 aromatic rings. The van der Waals surface area contributed by atoms with Crippen LogP contribution < -0.4 is 0 Å². The van der Waals surface area contributed by atoms with Crippen molar-refractivity contribution >= 4 is 11.6 Å². The quantitative estimate of drug-likeness (QED) is 0.752. The Morgan fingerprint density at radius 1 is 1.23 bits per heavy atom. The van der Waals surface area contributed by atoms with Crippen molar-refractivity contribution in [2.45, 2.75) is 13.3 Å². The van der Waals surface area contributed by atoms with E-state index in [4.69, 9.17) is 4.74 Å². The first-order chi connectivity index (χ1) is 10.7. The van der Waals surface area contributed by atoms with Gasteiger partial charge in [0.15, 0.2) is 11.4 Å². The Balaban J connectivity index is 2.17. The molecule has 112 valence electrons. The third kappa shape index (κ3) is 2.53. The number of imidazole rings is 1. The molecule has 0 aliphatic rings. The maximum absolute atomic E-state index is 11.9. The number of pyridine rings is 1. The first kappa shape index (κ1) is 14.1. The van der Waals surface area contributed by atoms with Crippen molar-refractivity contribution in [3.63, 3.8) is 0 Å². The summed E-state index contributed by atoms with van der Waals surface area (Å²) in [6.07, 6.45) is 1.88. The number of hydrogen-bond acceptors (Lipinski definition) is 4. The number of esters is 1. The first-order valence-corrected chi connectivity index (χ1v) is 7.10. The van der Waals surface area contributed by atoms with Gasteiger partial charge in [0.1, 0.15) is 0 Å². The highest BCUT2D eigenvalue weighted by atomic mass is 16.5. The van der Waals surface area contributed by atoms with E-state index in [0.29, 0.717) is 23.6 Å². The molecule has 0 fully saturated rings. The molecular weight excluding hydrogens is 280 g/mol. The standard InChI is InChI=1S/C17H16N2O3/c1-2-22-15(21)11-13-16(12-7-4-3-5-8-12)18-17-14(20)9-6-10-19(13)17/h3-10,20H,2,11H2,1H3. The lowest BCUT2D eigenvalue weighted by molar-refractivity contribution is -0.142. The molecule has 22 heavy (non-hydrogen) atoms. The fourth-order valence-corrected chi connectivity index (χ4v) is 2.45. The van der Waals surface area contributed by atoms with Crippen LogP contribution in [-0.2, 0) is 16.0 Å². The molecule has 0 atom stereocenters. The van der Waals surface area contributed by atoms with Crippen molar-refractivity contribution in [2.75, 3.05) is 6.61 Å². The summed E-state index contributed by atoms with van der Waals surface area (Å²) in [6, 6.07) is 12.9. The molecule has 2 aromatic heterocycles. The lowest BCUT2D eigenvalue weighted by Crippen LogP contribution is -2.10. The molecule has 0 aliphatic heterocycles. The zero-order valence-corrected chi connectivity index (χ0v) is 12.2. The molecular formula is C17H16N2O3. The topological polar surface area (TPSA) is 63.8 Å². The van der Waals surface area contributed by atoms with Crippen LogP contribution in [0, 0.1) is 0 Å². The molecule has 0 saturated heterocycles. The lowest BCUT2D eigenvalue weighted by atomic mass is 10.1. The van der Waals surface area contributed by atoms with Gasteiger partial charge in [-0.25, -0.2) is 4.98 Å². The molecule has 0 spiro atoms. The van der Waals surface area contributed by atoms with Gasteiger partial charge in [-0.3, -0.25) is 9.20 Å². The number of carbonyl (C=O) groups is 1. The van der Waals surface area contributed by atoms with Crippen LogP contribution in [0.1, 0.15) is 12.6 Å². The molecule has 5 heteroatoms. The van der Waals surface area contributed by atoms with E-state index in [1.54, 1.807) is 29.7 Å². The largest absolute Gasteiger partial charge is 0.504 e. The summed E-state index contributed by atoms with van der Waals surface area (Å²) in [7, 11) is 0. The average Bonchev–Trinajstić information content (AvgIpc) is 2.89. The van der Waals surface area contributed by atoms with E-state index in [2.05, 4.69) is 4.98 Å². The zero-order valence-electron chi connectivity index (χ0n) is 12.2. The number of rotatable bonds is 4. The van der Waals surface area contributed by atoms with Gasteiger partial charge in [0.2, 0.25) is 0 Å². The molecule has 0 bridgehead atoms. The molecule has 0 unspecified atom stereocenters. The minimum atomic E-state index is -0.315. The van der Waals surface area contributed by atoms with Gasteiger partial charge in [0, 0.05) is 11.8 Å². The average molecular weight is 296 g/mol. The van der Waals surface area contributed by atoms with E-state index in [-0.39, 0.29) is 18.1 Å². The molecule has 1 aromatic carbocycles. The second-order valence-corrected chi connectivity index (χ2v) is 4.84. The van der Waals surface area contributed by atoms with Crippen molar-refractivity contribution in [1.82, 2.24) is 9.38 Å². The van der Waals surface area contributed by atoms with Gasteiger partial charge in [-0.05, 0) is 19.1 Å². The summed E-state index contributed by atoms with van der Waals surface area (Å²) in [6.45, 7) is 2.11. The van der Waals surface area contributed by atoms with Crippen LogP contribution in [0.4, 0.5) is 0 Å². The van der Waals surface area contributed by atoms with Crippen molar-refractivity contribution < 1.29 is 14.6 Å². The van der Waals surface area contributed by atoms with E-state index in [9.17, 15) is 9.90 Å². The summed E-state index contributed by atoms with van der Waals surface area (Å²) in [5, 5.41) is 9.99. The molecule has 2 heterocycles. The van der Waals surface area contributed by atoms with Crippen molar-refractivity contribution in [3.8, 4) is 17.0 Å². The second-order valence-electron chi connectivity index (χ2n) is 4.84. The molecule has 5 nitrogen and oxygen atoms in total. The third-order valence-electron chi connectivity index (χ3n) is 3.39. The maximum atomic E-state index is 11.9. The van der Waals surface area contributed by atoms with Crippen molar-refractivity contribution in [3.05, 3.63) is 54.4 Å². The van der Waals surface area contributed by atoms with Crippen LogP contribution >= 0.6 is 0 Å². The first-order valence-electron chi connectivity index (χ1n) is 7.10. The minimum Gasteiger partial charge on any atom is -0.504 e. The van der Waals surface area contributed by atoms with Crippen LogP contribution in [0.25, 0.3) is 16.9 Å². The number of carbonyl (C=O) groups excluding carboxylic acids is 1. The van der Waals surface area contributed by atoms with Gasteiger partial charge >= 0.3 is 5.97 Å². The van der Waals surface area contributed by atoms with Gasteiger partial charge in [-0.15, -0.1) is 0 Å². The Morgan fingerprint density at radius 2 is 2.00 bits per heavy atom. The third-order valence-corrected chi connectivity index (χ3v) is 3.39. The normalized spacial score (nSPS) is 10.8. The molecule has 0 aliphatic carbocycles. The van der Waals surface area contributed by atoms with E-state index in [1.807, 2.05) is 30.3 Å². The van der Waals surface area contributed by atoms with E-state index >= 15 is 0 Å². The number of fused-ring (bicyclic) bond motifs is 1. The SMILES string of the molecule is CCOC(=O)Cc1c(-c2ccccc2)nc2c(O)cccn12. The van der Waals surface area contributed by atoms with Gasteiger partial charge in [-0.2, -0.15) is 0 Å². The van der Waals surface area contributed by atoms with E-state index in [1.165, 1.54) is 0 Å². The van der Waals surface area contributed by atoms with Crippen LogP contribution in [0.2, 0.25) is 0 Å². The summed E-state index contributed by atoms with van der Waals surface area (Å²) >= 11 is 0.